The van der Waals surface area contributed by atoms with Gasteiger partial charge in [-0.3, -0.25) is 4.84 Å². The normalized spacial score (nSPS) is 20.6. The van der Waals surface area contributed by atoms with E-state index in [2.05, 4.69) is 10.8 Å². The Morgan fingerprint density at radius 2 is 1.71 bits per heavy atom. The molecule has 4 rings (SSSR count). The molecule has 1 saturated heterocycles. The first-order valence-corrected chi connectivity index (χ1v) is 11.0. The lowest BCUT2D eigenvalue weighted by molar-refractivity contribution is -0.110. The molecule has 2 unspecified atom stereocenters. The van der Waals surface area contributed by atoms with Crippen molar-refractivity contribution in [3.8, 4) is 0 Å². The van der Waals surface area contributed by atoms with Crippen molar-refractivity contribution in [2.24, 2.45) is 0 Å². The zero-order valence-electron chi connectivity index (χ0n) is 15.8. The highest BCUT2D eigenvalue weighted by Crippen LogP contribution is 2.34. The van der Waals surface area contributed by atoms with Gasteiger partial charge in [0.25, 0.3) is 0 Å². The van der Waals surface area contributed by atoms with E-state index < -0.39 is 15.3 Å². The van der Waals surface area contributed by atoms with Crippen molar-refractivity contribution in [3.05, 3.63) is 83.9 Å². The quantitative estimate of drug-likeness (QED) is 0.695. The van der Waals surface area contributed by atoms with Crippen molar-refractivity contribution in [3.63, 3.8) is 0 Å². The molecule has 1 aliphatic heterocycles. The summed E-state index contributed by atoms with van der Waals surface area (Å²) in [6.07, 6.45) is 0.657. The first-order chi connectivity index (χ1) is 13.5. The molecule has 0 spiro atoms. The largest absolute Gasteiger partial charge is 0.297 e. The molecule has 1 aliphatic rings. The Morgan fingerprint density at radius 1 is 1.00 bits per heavy atom. The first kappa shape index (κ1) is 19.1. The lowest BCUT2D eigenvalue weighted by Gasteiger charge is -2.23. The van der Waals surface area contributed by atoms with E-state index in [1.54, 1.807) is 12.1 Å². The molecule has 0 saturated carbocycles. The Bertz CT molecular complexity index is 1050. The number of rotatable bonds is 6. The topological polar surface area (TPSA) is 58.6 Å². The second-order valence-electron chi connectivity index (χ2n) is 7.11. The van der Waals surface area contributed by atoms with Crippen molar-refractivity contribution < 1.29 is 13.3 Å². The molecule has 0 aromatic heterocycles. The smallest absolute Gasteiger partial charge is 0.218 e. The van der Waals surface area contributed by atoms with E-state index >= 15 is 0 Å². The predicted octanol–water partition coefficient (Wildman–Crippen LogP) is 3.29. The number of benzene rings is 3. The maximum atomic E-state index is 13.0. The summed E-state index contributed by atoms with van der Waals surface area (Å²) in [5.74, 6) is 0. The van der Waals surface area contributed by atoms with Crippen molar-refractivity contribution in [2.45, 2.75) is 17.7 Å². The Balaban J connectivity index is 1.53. The van der Waals surface area contributed by atoms with Gasteiger partial charge in [-0.1, -0.05) is 66.7 Å². The van der Waals surface area contributed by atoms with Gasteiger partial charge in [-0.2, -0.15) is 5.06 Å². The Hall–Kier alpha value is -2.25. The Kier molecular flexibility index (Phi) is 5.46. The van der Waals surface area contributed by atoms with Gasteiger partial charge in [-0.25, -0.2) is 13.1 Å². The van der Waals surface area contributed by atoms with Crippen LogP contribution < -0.4 is 4.72 Å². The van der Waals surface area contributed by atoms with Gasteiger partial charge in [0.1, 0.15) is 5.25 Å². The van der Waals surface area contributed by atoms with E-state index in [-0.39, 0.29) is 12.6 Å². The number of hydrogen-bond donors (Lipinski definition) is 1. The molecule has 0 radical (unpaired) electrons. The van der Waals surface area contributed by atoms with E-state index in [1.165, 1.54) is 0 Å². The maximum absolute atomic E-state index is 13.0. The van der Waals surface area contributed by atoms with Crippen LogP contribution in [0.1, 0.15) is 17.2 Å². The van der Waals surface area contributed by atoms with Crippen molar-refractivity contribution in [1.29, 1.82) is 0 Å². The van der Waals surface area contributed by atoms with Crippen LogP contribution in [0.15, 0.2) is 72.8 Å². The molecule has 2 atom stereocenters. The average molecular weight is 397 g/mol. The SMILES string of the molecule is CN1OCC(S(=O)(=O)NCCc2ccccc2)C1c1ccc2ccccc2c1. The molecule has 1 N–H and O–H groups in total. The summed E-state index contributed by atoms with van der Waals surface area (Å²) in [4.78, 5) is 5.61. The summed E-state index contributed by atoms with van der Waals surface area (Å²) in [6, 6.07) is 23.7. The number of fused-ring (bicyclic) bond motifs is 1. The van der Waals surface area contributed by atoms with Gasteiger partial charge in [0.05, 0.1) is 12.6 Å². The van der Waals surface area contributed by atoms with E-state index in [4.69, 9.17) is 4.84 Å². The van der Waals surface area contributed by atoms with Crippen LogP contribution in [0, 0.1) is 0 Å². The van der Waals surface area contributed by atoms with Crippen LogP contribution in [0.4, 0.5) is 0 Å². The number of hydrogen-bond acceptors (Lipinski definition) is 4. The number of sulfonamides is 1. The van der Waals surface area contributed by atoms with Gasteiger partial charge in [-0.15, -0.1) is 0 Å². The molecular formula is C22H24N2O3S. The van der Waals surface area contributed by atoms with Crippen LogP contribution in [0.3, 0.4) is 0 Å². The fourth-order valence-electron chi connectivity index (χ4n) is 3.76. The molecule has 3 aromatic carbocycles. The summed E-state index contributed by atoms with van der Waals surface area (Å²) in [7, 11) is -1.74. The predicted molar refractivity (Wildman–Crippen MR) is 111 cm³/mol. The maximum Gasteiger partial charge on any atom is 0.218 e. The molecule has 28 heavy (non-hydrogen) atoms. The highest BCUT2D eigenvalue weighted by molar-refractivity contribution is 7.90. The van der Waals surface area contributed by atoms with E-state index in [1.807, 2.05) is 66.7 Å². The van der Waals surface area contributed by atoms with Crippen molar-refractivity contribution in [2.75, 3.05) is 20.2 Å². The van der Waals surface area contributed by atoms with E-state index in [0.29, 0.717) is 13.0 Å². The zero-order valence-corrected chi connectivity index (χ0v) is 16.6. The third-order valence-electron chi connectivity index (χ3n) is 5.26. The molecule has 1 heterocycles. The molecule has 0 aliphatic carbocycles. The van der Waals surface area contributed by atoms with Crippen LogP contribution in [-0.2, 0) is 21.3 Å². The average Bonchev–Trinajstić information content (AvgIpc) is 3.11. The lowest BCUT2D eigenvalue weighted by Crippen LogP contribution is -2.40. The van der Waals surface area contributed by atoms with Crippen LogP contribution in [0.25, 0.3) is 10.8 Å². The minimum atomic E-state index is -3.53. The third-order valence-corrected chi connectivity index (χ3v) is 7.06. The monoisotopic (exact) mass is 396 g/mol. The Morgan fingerprint density at radius 3 is 2.50 bits per heavy atom. The van der Waals surface area contributed by atoms with Crippen LogP contribution in [0.5, 0.6) is 0 Å². The third kappa shape index (κ3) is 3.95. The van der Waals surface area contributed by atoms with Gasteiger partial charge in [0.2, 0.25) is 10.0 Å². The molecule has 0 bridgehead atoms. The van der Waals surface area contributed by atoms with Gasteiger partial charge in [-0.05, 0) is 34.4 Å². The fraction of sp³-hybridized carbons (Fsp3) is 0.273. The summed E-state index contributed by atoms with van der Waals surface area (Å²) in [6.45, 7) is 0.520. The number of nitrogens with zero attached hydrogens (tertiary/aromatic N) is 1. The molecule has 6 heteroatoms. The van der Waals surface area contributed by atoms with Crippen LogP contribution in [-0.4, -0.2) is 38.9 Å². The summed E-state index contributed by atoms with van der Waals surface area (Å²) >= 11 is 0. The van der Waals surface area contributed by atoms with Crippen LogP contribution >= 0.6 is 0 Å². The van der Waals surface area contributed by atoms with E-state index in [0.717, 1.165) is 21.9 Å². The molecule has 3 aromatic rings. The second-order valence-corrected chi connectivity index (χ2v) is 9.09. The standard InChI is InChI=1S/C22H24N2O3S/c1-24-22(20-12-11-18-9-5-6-10-19(18)15-20)21(16-27-24)28(25,26)23-14-13-17-7-3-2-4-8-17/h2-12,15,21-23H,13-14,16H2,1H3. The van der Waals surface area contributed by atoms with E-state index in [9.17, 15) is 8.42 Å². The number of nitrogens with one attached hydrogen (secondary N) is 1. The van der Waals surface area contributed by atoms with Crippen molar-refractivity contribution in [1.82, 2.24) is 9.79 Å². The Labute approximate surface area is 165 Å². The minimum Gasteiger partial charge on any atom is -0.297 e. The summed E-state index contributed by atoms with van der Waals surface area (Å²) in [5.41, 5.74) is 2.05. The van der Waals surface area contributed by atoms with Gasteiger partial charge in [0, 0.05) is 13.6 Å². The lowest BCUT2D eigenvalue weighted by atomic mass is 10.0. The highest BCUT2D eigenvalue weighted by Gasteiger charge is 2.43. The van der Waals surface area contributed by atoms with Gasteiger partial charge in [0.15, 0.2) is 0 Å². The minimum absolute atomic E-state index is 0.147. The second kappa shape index (κ2) is 8.01. The zero-order chi connectivity index (χ0) is 19.6. The van der Waals surface area contributed by atoms with Gasteiger partial charge < -0.3 is 0 Å². The molecule has 0 amide bonds. The van der Waals surface area contributed by atoms with Crippen LogP contribution in [0.2, 0.25) is 0 Å². The summed E-state index contributed by atoms with van der Waals surface area (Å²) < 4.78 is 28.8. The molecule has 1 fully saturated rings. The van der Waals surface area contributed by atoms with Gasteiger partial charge >= 0.3 is 0 Å². The van der Waals surface area contributed by atoms with Crippen molar-refractivity contribution >= 4 is 20.8 Å². The fourth-order valence-corrected chi connectivity index (χ4v) is 5.27. The molecule has 5 nitrogen and oxygen atoms in total. The molecule has 146 valence electrons. The highest BCUT2D eigenvalue weighted by atomic mass is 32.2. The number of hydroxylamine groups is 2. The first-order valence-electron chi connectivity index (χ1n) is 9.41. The summed E-state index contributed by atoms with van der Waals surface area (Å²) in [5, 5.41) is 3.22. The molecular weight excluding hydrogens is 372 g/mol.